The minimum Gasteiger partial charge on any atom is -0.504 e. The molecule has 59 heavy (non-hydrogen) atoms. The molecule has 0 aliphatic carbocycles. The molecule has 0 radical (unpaired) electrons. The second-order valence-corrected chi connectivity index (χ2v) is 17.1. The summed E-state index contributed by atoms with van der Waals surface area (Å²) in [5.74, 6) is 1.89. The Kier molecular flexibility index (Phi) is 28.2. The van der Waals surface area contributed by atoms with Gasteiger partial charge in [0.05, 0.1) is 19.8 Å². The second kappa shape index (κ2) is 33.3. The van der Waals surface area contributed by atoms with E-state index in [-0.39, 0.29) is 11.5 Å². The molecule has 1 aromatic heterocycles. The van der Waals surface area contributed by atoms with Crippen molar-refractivity contribution < 1.29 is 24.4 Å². The molecule has 0 unspecified atom stereocenters. The summed E-state index contributed by atoms with van der Waals surface area (Å²) in [6.07, 6.45) is 42.1. The number of aromatic nitrogens is 1. The molecule has 0 aliphatic heterocycles. The molecule has 0 spiro atoms. The zero-order valence-electron chi connectivity index (χ0n) is 38.0. The average Bonchev–Trinajstić information content (AvgIpc) is 3.25. The molecule has 332 valence electrons. The number of aromatic hydroxyl groups is 2. The number of phenolic OH excluding ortho intramolecular Hbond substituents is 2. The van der Waals surface area contributed by atoms with E-state index in [1.54, 1.807) is 18.3 Å². The zero-order chi connectivity index (χ0) is 42.0. The van der Waals surface area contributed by atoms with Crippen molar-refractivity contribution in [2.75, 3.05) is 19.8 Å². The second-order valence-electron chi connectivity index (χ2n) is 17.1. The van der Waals surface area contributed by atoms with Gasteiger partial charge in [-0.25, -0.2) is 0 Å². The highest BCUT2D eigenvalue weighted by molar-refractivity contribution is 5.76. The summed E-state index contributed by atoms with van der Waals surface area (Å²) in [4.78, 5) is 4.59. The minimum atomic E-state index is -0.151. The van der Waals surface area contributed by atoms with Crippen LogP contribution in [0.3, 0.4) is 0 Å². The van der Waals surface area contributed by atoms with Gasteiger partial charge in [0.1, 0.15) is 0 Å². The van der Waals surface area contributed by atoms with E-state index in [4.69, 9.17) is 14.2 Å². The van der Waals surface area contributed by atoms with Crippen LogP contribution in [0.2, 0.25) is 0 Å². The number of unbranched alkanes of at least 4 members (excludes halogenated alkanes) is 27. The van der Waals surface area contributed by atoms with Crippen LogP contribution < -0.4 is 14.2 Å². The Hall–Kier alpha value is -3.41. The van der Waals surface area contributed by atoms with Gasteiger partial charge in [0.15, 0.2) is 23.0 Å². The lowest BCUT2D eigenvalue weighted by molar-refractivity contribution is 0.234. The highest BCUT2D eigenvalue weighted by atomic mass is 16.5. The Balaban J connectivity index is 1.72. The van der Waals surface area contributed by atoms with Crippen molar-refractivity contribution in [3.63, 3.8) is 0 Å². The lowest BCUT2D eigenvalue weighted by Crippen LogP contribution is -2.07. The molecule has 1 heterocycles. The molecule has 0 amide bonds. The molecule has 0 saturated carbocycles. The van der Waals surface area contributed by atoms with Crippen LogP contribution in [0.25, 0.3) is 22.3 Å². The van der Waals surface area contributed by atoms with Crippen LogP contribution in [-0.2, 0) is 0 Å². The Labute approximate surface area is 361 Å². The van der Waals surface area contributed by atoms with E-state index in [0.29, 0.717) is 19.8 Å². The third kappa shape index (κ3) is 22.1. The number of pyridine rings is 1. The fourth-order valence-electron chi connectivity index (χ4n) is 7.87. The first-order valence-electron chi connectivity index (χ1n) is 24.6. The predicted octanol–water partition coefficient (Wildman–Crippen LogP) is 16.7. The largest absolute Gasteiger partial charge is 0.504 e. The summed E-state index contributed by atoms with van der Waals surface area (Å²) in [5, 5.41) is 20.1. The number of phenols is 2. The van der Waals surface area contributed by atoms with Gasteiger partial charge in [-0.15, -0.1) is 0 Å². The Morgan fingerprint density at radius 1 is 0.356 bits per heavy atom. The number of rotatable bonds is 38. The molecule has 0 fully saturated rings. The topological polar surface area (TPSA) is 81.0 Å². The van der Waals surface area contributed by atoms with E-state index in [2.05, 4.69) is 44.0 Å². The van der Waals surface area contributed by atoms with Crippen LogP contribution in [0.4, 0.5) is 0 Å². The van der Waals surface area contributed by atoms with Crippen LogP contribution >= 0.6 is 0 Å². The van der Waals surface area contributed by atoms with Gasteiger partial charge < -0.3 is 24.4 Å². The lowest BCUT2D eigenvalue weighted by Gasteiger charge is -2.19. The van der Waals surface area contributed by atoms with Crippen molar-refractivity contribution in [2.24, 2.45) is 0 Å². The summed E-state index contributed by atoms with van der Waals surface area (Å²) < 4.78 is 19.9. The summed E-state index contributed by atoms with van der Waals surface area (Å²) in [6.45, 7) is 8.75. The molecule has 2 aromatic carbocycles. The summed E-state index contributed by atoms with van der Waals surface area (Å²) in [5.41, 5.74) is 3.49. The van der Waals surface area contributed by atoms with Gasteiger partial charge in [-0.05, 0) is 60.7 Å². The Bertz CT molecular complexity index is 1430. The third-order valence-electron chi connectivity index (χ3n) is 11.7. The van der Waals surface area contributed by atoms with Crippen LogP contribution in [0.15, 0.2) is 48.8 Å². The molecular weight excluding hydrogens is 731 g/mol. The van der Waals surface area contributed by atoms with E-state index >= 15 is 0 Å². The Morgan fingerprint density at radius 2 is 0.712 bits per heavy atom. The normalized spacial score (nSPS) is 11.3. The standard InChI is InChI=1S/C53H85NO5/c1-4-7-10-13-16-19-22-25-28-31-36-57-51-41-46(48-39-47(43-54-44-48)45-34-35-49(55)50(56)40-45)42-52(58-37-32-29-26-23-20-17-14-11-8-5-2)53(51)59-38-33-30-27-24-21-18-15-12-9-6-3/h34-35,39-44,55-56H,4-33,36-38H2,1-3H3. The van der Waals surface area contributed by atoms with Crippen molar-refractivity contribution in [3.8, 4) is 51.0 Å². The first-order valence-corrected chi connectivity index (χ1v) is 24.6. The zero-order valence-corrected chi connectivity index (χ0v) is 38.0. The summed E-state index contributed by atoms with van der Waals surface area (Å²) >= 11 is 0. The van der Waals surface area contributed by atoms with Gasteiger partial charge in [-0.1, -0.05) is 200 Å². The smallest absolute Gasteiger partial charge is 0.203 e. The molecule has 0 bridgehead atoms. The minimum absolute atomic E-state index is 0.139. The van der Waals surface area contributed by atoms with E-state index in [0.717, 1.165) is 71.6 Å². The third-order valence-corrected chi connectivity index (χ3v) is 11.7. The molecule has 6 heteroatoms. The molecular formula is C53H85NO5. The van der Waals surface area contributed by atoms with Gasteiger partial charge >= 0.3 is 0 Å². The maximum Gasteiger partial charge on any atom is 0.203 e. The predicted molar refractivity (Wildman–Crippen MR) is 250 cm³/mol. The molecule has 2 N–H and O–H groups in total. The van der Waals surface area contributed by atoms with Crippen LogP contribution in [0.1, 0.15) is 213 Å². The SMILES string of the molecule is CCCCCCCCCCCCOc1cc(-c2cncc(-c3ccc(O)c(O)c3)c2)cc(OCCCCCCCCCCCC)c1OCCCCCCCCCCCC. The number of ether oxygens (including phenoxy) is 3. The molecule has 3 aromatic rings. The van der Waals surface area contributed by atoms with Crippen LogP contribution in [0, 0.1) is 0 Å². The highest BCUT2D eigenvalue weighted by Gasteiger charge is 2.18. The van der Waals surface area contributed by atoms with Crippen molar-refractivity contribution in [3.05, 3.63) is 48.8 Å². The lowest BCUT2D eigenvalue weighted by atomic mass is 10.0. The fourth-order valence-corrected chi connectivity index (χ4v) is 7.87. The summed E-state index contributed by atoms with van der Waals surface area (Å²) in [7, 11) is 0. The molecule has 0 atom stereocenters. The number of hydrogen-bond acceptors (Lipinski definition) is 6. The number of benzene rings is 2. The molecule has 3 rings (SSSR count). The van der Waals surface area contributed by atoms with E-state index in [1.807, 2.05) is 6.20 Å². The average molecular weight is 816 g/mol. The van der Waals surface area contributed by atoms with Gasteiger partial charge in [-0.2, -0.15) is 0 Å². The maximum absolute atomic E-state index is 10.2. The van der Waals surface area contributed by atoms with E-state index in [1.165, 1.54) is 167 Å². The van der Waals surface area contributed by atoms with Crippen molar-refractivity contribution in [1.82, 2.24) is 4.98 Å². The molecule has 0 saturated heterocycles. The maximum atomic E-state index is 10.2. The van der Waals surface area contributed by atoms with Gasteiger partial charge in [0.2, 0.25) is 5.75 Å². The van der Waals surface area contributed by atoms with Gasteiger partial charge in [-0.3, -0.25) is 4.98 Å². The highest BCUT2D eigenvalue weighted by Crippen LogP contribution is 2.43. The van der Waals surface area contributed by atoms with E-state index < -0.39 is 0 Å². The number of nitrogens with zero attached hydrogens (tertiary/aromatic N) is 1. The monoisotopic (exact) mass is 816 g/mol. The summed E-state index contributed by atoms with van der Waals surface area (Å²) in [6, 6.07) is 11.1. The van der Waals surface area contributed by atoms with Gasteiger partial charge in [0.25, 0.3) is 0 Å². The fraction of sp³-hybridized carbons (Fsp3) is 0.679. The van der Waals surface area contributed by atoms with Crippen molar-refractivity contribution in [2.45, 2.75) is 213 Å². The van der Waals surface area contributed by atoms with Crippen molar-refractivity contribution in [1.29, 1.82) is 0 Å². The van der Waals surface area contributed by atoms with Crippen LogP contribution in [-0.4, -0.2) is 35.0 Å². The van der Waals surface area contributed by atoms with E-state index in [9.17, 15) is 10.2 Å². The van der Waals surface area contributed by atoms with Crippen LogP contribution in [0.5, 0.6) is 28.7 Å². The first kappa shape index (κ1) is 49.9. The first-order chi connectivity index (χ1) is 29.1. The molecule has 6 nitrogen and oxygen atoms in total. The van der Waals surface area contributed by atoms with Crippen molar-refractivity contribution >= 4 is 0 Å². The Morgan fingerprint density at radius 3 is 1.10 bits per heavy atom. The number of hydrogen-bond donors (Lipinski definition) is 2. The quantitative estimate of drug-likeness (QED) is 0.0443. The molecule has 0 aliphatic rings. The van der Waals surface area contributed by atoms with Gasteiger partial charge in [0, 0.05) is 23.5 Å².